The Morgan fingerprint density at radius 1 is 1.09 bits per heavy atom. The van der Waals surface area contributed by atoms with Crippen molar-refractivity contribution < 1.29 is 41.4 Å². The molecule has 1 heterocycles. The van der Waals surface area contributed by atoms with Crippen LogP contribution in [0, 0.1) is 12.7 Å². The molecule has 2 amide bonds. The van der Waals surface area contributed by atoms with Crippen molar-refractivity contribution in [3.8, 4) is 11.3 Å². The largest absolute Gasteiger partial charge is 0.459 e. The fourth-order valence-corrected chi connectivity index (χ4v) is 6.18. The van der Waals surface area contributed by atoms with Crippen LogP contribution in [0.5, 0.6) is 0 Å². The van der Waals surface area contributed by atoms with Crippen molar-refractivity contribution in [1.29, 1.82) is 0 Å². The summed E-state index contributed by atoms with van der Waals surface area (Å²) in [6.07, 6.45) is -1.05. The van der Waals surface area contributed by atoms with Gasteiger partial charge in [0.25, 0.3) is 5.91 Å². The van der Waals surface area contributed by atoms with Crippen LogP contribution < -0.4 is 4.90 Å². The first kappa shape index (κ1) is 49.9. The molecule has 0 bridgehead atoms. The lowest BCUT2D eigenvalue weighted by atomic mass is 10.0. The number of carbonyl (C=O) groups excluding carboxylic acids is 3. The highest BCUT2D eigenvalue weighted by Gasteiger charge is 2.39. The number of carbonyl (C=O) groups is 3. The minimum Gasteiger partial charge on any atom is -0.459 e. The van der Waals surface area contributed by atoms with Crippen molar-refractivity contribution in [2.24, 2.45) is 7.05 Å². The zero-order chi connectivity index (χ0) is 42.2. The van der Waals surface area contributed by atoms with Gasteiger partial charge in [0.15, 0.2) is 10.5 Å². The first-order chi connectivity index (χ1) is 25.7. The van der Waals surface area contributed by atoms with Crippen molar-refractivity contribution in [3.05, 3.63) is 93.3 Å². The number of nitrogens with zero attached hydrogens (tertiary/aromatic N) is 4. The van der Waals surface area contributed by atoms with Crippen LogP contribution in [0.25, 0.3) is 11.3 Å². The van der Waals surface area contributed by atoms with E-state index in [1.54, 1.807) is 30.9 Å². The molecule has 1 aromatic heterocycles. The molecule has 9 nitrogen and oxygen atoms in total. The van der Waals surface area contributed by atoms with Gasteiger partial charge in [-0.25, -0.2) is 9.18 Å². The summed E-state index contributed by atoms with van der Waals surface area (Å²) in [4.78, 5) is 37.3. The molecule has 0 aliphatic carbocycles. The Hall–Kier alpha value is -3.14. The van der Waals surface area contributed by atoms with Crippen LogP contribution in [0.2, 0.25) is 5.02 Å². The van der Waals surface area contributed by atoms with Crippen LogP contribution >= 0.6 is 62.3 Å². The maximum atomic E-state index is 14.3. The standard InChI is InChI=1S/C15H12BrClF4N2O2.C14H20ClNO2.C8H11Cl2NO/c1-6(2)25-14(24)7-4-8(10(18)5-9(7)17)12-11(16)13(15(19,20)21)23(3)22-12;1-4-12-8-6-7-11(3)14(12)16(10-18-5-2)13(17)9-15;1-3-5-11(6-4-2)8(12)7(9)10/h4-6H,1-3H3;6-8H,4-5,9-10H2,1-3H3;3-4,7H,1-2,5-6H2. The van der Waals surface area contributed by atoms with E-state index in [9.17, 15) is 31.9 Å². The van der Waals surface area contributed by atoms with Gasteiger partial charge < -0.3 is 14.4 Å². The molecule has 0 saturated carbocycles. The quantitative estimate of drug-likeness (QED) is 0.0526. The second-order valence-electron chi connectivity index (χ2n) is 11.5. The Kier molecular flexibility index (Phi) is 21.6. The van der Waals surface area contributed by atoms with Crippen molar-refractivity contribution >= 4 is 85.8 Å². The summed E-state index contributed by atoms with van der Waals surface area (Å²) in [5.74, 6) is -2.22. The number of hydrogen-bond donors (Lipinski definition) is 0. The number of alkyl halides is 6. The number of aromatic nitrogens is 2. The molecular formula is C37H43BrCl4F4N4O5. The molecule has 2 aromatic carbocycles. The SMILES string of the molecule is C=CCN(CC=C)C(=O)C(Cl)Cl.CC(C)OC(=O)c1cc(-c2nn(C)c(C(F)(F)F)c2Br)c(F)cc1Cl.CCOCN(C(=O)CCl)c1c(C)cccc1CC. The summed E-state index contributed by atoms with van der Waals surface area (Å²) in [5, 5.41) is 3.50. The highest BCUT2D eigenvalue weighted by Crippen LogP contribution is 2.41. The number of amides is 2. The van der Waals surface area contributed by atoms with Crippen molar-refractivity contribution in [3.63, 3.8) is 0 Å². The summed E-state index contributed by atoms with van der Waals surface area (Å²) < 4.78 is 64.0. The van der Waals surface area contributed by atoms with E-state index >= 15 is 0 Å². The molecule has 0 N–H and O–H groups in total. The lowest BCUT2D eigenvalue weighted by Gasteiger charge is -2.25. The van der Waals surface area contributed by atoms with Crippen LogP contribution in [0.4, 0.5) is 23.2 Å². The highest BCUT2D eigenvalue weighted by molar-refractivity contribution is 9.10. The lowest BCUT2D eigenvalue weighted by molar-refractivity contribution is -0.144. The van der Waals surface area contributed by atoms with Crippen molar-refractivity contribution in [2.75, 3.05) is 37.2 Å². The maximum Gasteiger partial charge on any atom is 0.434 e. The average Bonchev–Trinajstić information content (AvgIpc) is 3.41. The molecule has 0 saturated heterocycles. The van der Waals surface area contributed by atoms with E-state index in [0.717, 1.165) is 42.4 Å². The van der Waals surface area contributed by atoms with Gasteiger partial charge in [0.2, 0.25) is 5.91 Å². The molecule has 18 heteroatoms. The normalized spacial score (nSPS) is 10.9. The van der Waals surface area contributed by atoms with Crippen LogP contribution in [-0.2, 0) is 38.7 Å². The van der Waals surface area contributed by atoms with E-state index in [4.69, 9.17) is 55.9 Å². The van der Waals surface area contributed by atoms with Crippen molar-refractivity contribution in [1.82, 2.24) is 14.7 Å². The average molecular weight is 921 g/mol. The summed E-state index contributed by atoms with van der Waals surface area (Å²) >= 11 is 25.1. The Morgan fingerprint density at radius 3 is 2.15 bits per heavy atom. The third-order valence-corrected chi connectivity index (χ3v) is 8.81. The van der Waals surface area contributed by atoms with Crippen LogP contribution in [-0.4, -0.2) is 75.7 Å². The fraction of sp³-hybridized carbons (Fsp3) is 0.405. The second-order valence-corrected chi connectivity index (χ2v) is 14.1. The Balaban J connectivity index is 0.000000442. The summed E-state index contributed by atoms with van der Waals surface area (Å²) in [6, 6.07) is 7.89. The summed E-state index contributed by atoms with van der Waals surface area (Å²) in [6.45, 7) is 17.9. The second kappa shape index (κ2) is 23.8. The monoisotopic (exact) mass is 918 g/mol. The highest BCUT2D eigenvalue weighted by atomic mass is 79.9. The van der Waals surface area contributed by atoms with Gasteiger partial charge in [-0.1, -0.05) is 72.1 Å². The molecule has 0 unspecified atom stereocenters. The van der Waals surface area contributed by atoms with Crippen LogP contribution in [0.1, 0.15) is 54.9 Å². The van der Waals surface area contributed by atoms with E-state index in [2.05, 4.69) is 41.1 Å². The number of halogens is 9. The number of rotatable bonds is 14. The number of aryl methyl sites for hydroxylation is 3. The van der Waals surface area contributed by atoms with Crippen LogP contribution in [0.3, 0.4) is 0 Å². The molecule has 0 aliphatic heterocycles. The predicted molar refractivity (Wildman–Crippen MR) is 215 cm³/mol. The number of anilines is 1. The van der Waals surface area contributed by atoms with Gasteiger partial charge in [0.1, 0.15) is 24.1 Å². The molecule has 3 rings (SSSR count). The predicted octanol–water partition coefficient (Wildman–Crippen LogP) is 10.3. The van der Waals surface area contributed by atoms with E-state index in [1.165, 1.54) is 4.90 Å². The first-order valence-corrected chi connectivity index (χ1v) is 19.1. The van der Waals surface area contributed by atoms with Gasteiger partial charge in [0, 0.05) is 32.3 Å². The lowest BCUT2D eigenvalue weighted by Crippen LogP contribution is -2.35. The third-order valence-electron chi connectivity index (χ3n) is 7.14. The van der Waals surface area contributed by atoms with Gasteiger partial charge in [-0.05, 0) is 73.3 Å². The fourth-order valence-electron chi connectivity index (χ4n) is 4.75. The Morgan fingerprint density at radius 2 is 1.69 bits per heavy atom. The molecule has 55 heavy (non-hydrogen) atoms. The topological polar surface area (TPSA) is 94.0 Å². The van der Waals surface area contributed by atoms with E-state index in [1.807, 2.05) is 32.0 Å². The number of para-hydroxylation sites is 1. The molecule has 0 atom stereocenters. The number of esters is 1. The maximum absolute atomic E-state index is 14.3. The van der Waals surface area contributed by atoms with Gasteiger partial charge >= 0.3 is 12.1 Å². The first-order valence-electron chi connectivity index (χ1n) is 16.5. The van der Waals surface area contributed by atoms with E-state index in [0.29, 0.717) is 24.4 Å². The number of benzene rings is 2. The molecule has 0 fully saturated rings. The smallest absolute Gasteiger partial charge is 0.434 e. The zero-order valence-electron chi connectivity index (χ0n) is 31.1. The molecule has 3 aromatic rings. The van der Waals surface area contributed by atoms with Gasteiger partial charge in [-0.3, -0.25) is 19.2 Å². The summed E-state index contributed by atoms with van der Waals surface area (Å²) in [7, 11) is 1.08. The van der Waals surface area contributed by atoms with E-state index < -0.39 is 39.1 Å². The minimum absolute atomic E-state index is 0.0371. The van der Waals surface area contributed by atoms with Gasteiger partial charge in [0.05, 0.1) is 26.9 Å². The molecule has 0 spiro atoms. The zero-order valence-corrected chi connectivity index (χ0v) is 35.7. The third kappa shape index (κ3) is 14.7. The van der Waals surface area contributed by atoms with E-state index in [-0.39, 0.29) is 46.3 Å². The van der Waals surface area contributed by atoms with Crippen molar-refractivity contribution in [2.45, 2.75) is 58.2 Å². The van der Waals surface area contributed by atoms with Gasteiger partial charge in [-0.2, -0.15) is 18.3 Å². The minimum atomic E-state index is -4.69. The Bertz CT molecular complexity index is 1780. The molecule has 304 valence electrons. The Labute approximate surface area is 347 Å². The number of ether oxygens (including phenoxy) is 2. The summed E-state index contributed by atoms with van der Waals surface area (Å²) in [5.41, 5.74) is 1.27. The van der Waals surface area contributed by atoms with Gasteiger partial charge in [-0.15, -0.1) is 24.8 Å². The molecule has 0 aliphatic rings. The molecule has 0 radical (unpaired) electrons. The number of hydrogen-bond acceptors (Lipinski definition) is 6. The van der Waals surface area contributed by atoms with Crippen LogP contribution in [0.15, 0.2) is 60.1 Å². The molecular weight excluding hydrogens is 878 g/mol.